The van der Waals surface area contributed by atoms with E-state index >= 15 is 0 Å². The largest absolute Gasteiger partial charge is 0.481 e. The fourth-order valence-electron chi connectivity index (χ4n) is 1.44. The predicted molar refractivity (Wildman–Crippen MR) is 59.3 cm³/mol. The van der Waals surface area contributed by atoms with Crippen LogP contribution in [0.25, 0.3) is 0 Å². The quantitative estimate of drug-likeness (QED) is 0.822. The summed E-state index contributed by atoms with van der Waals surface area (Å²) < 4.78 is 5.16. The van der Waals surface area contributed by atoms with Crippen molar-refractivity contribution in [2.75, 3.05) is 12.4 Å². The Bertz CT molecular complexity index is 348. The second kappa shape index (κ2) is 4.04. The fourth-order valence-corrected chi connectivity index (χ4v) is 1.44. The molecule has 4 heteroatoms. The molecule has 4 nitrogen and oxygen atoms in total. The van der Waals surface area contributed by atoms with Gasteiger partial charge in [0, 0.05) is 18.0 Å². The molecule has 0 amide bonds. The fraction of sp³-hybridized carbons (Fsp3) is 0.636. The van der Waals surface area contributed by atoms with Gasteiger partial charge >= 0.3 is 0 Å². The minimum absolute atomic E-state index is 0.372. The zero-order chi connectivity index (χ0) is 10.8. The van der Waals surface area contributed by atoms with E-state index in [4.69, 9.17) is 4.74 Å². The first-order valence-electron chi connectivity index (χ1n) is 5.38. The lowest BCUT2D eigenvalue weighted by Gasteiger charge is -2.11. The van der Waals surface area contributed by atoms with Crippen LogP contribution in [0.1, 0.15) is 38.4 Å². The van der Waals surface area contributed by atoms with Crippen molar-refractivity contribution in [1.29, 1.82) is 0 Å². The van der Waals surface area contributed by atoms with E-state index in [9.17, 15) is 0 Å². The molecule has 82 valence electrons. The Morgan fingerprint density at radius 2 is 2.13 bits per heavy atom. The molecule has 0 spiro atoms. The van der Waals surface area contributed by atoms with Crippen LogP contribution in [0.15, 0.2) is 6.07 Å². The minimum atomic E-state index is 0.372. The highest BCUT2D eigenvalue weighted by atomic mass is 16.5. The van der Waals surface area contributed by atoms with Gasteiger partial charge in [0.05, 0.1) is 7.11 Å². The molecule has 1 saturated carbocycles. The third-order valence-corrected chi connectivity index (χ3v) is 2.31. The molecule has 1 heterocycles. The lowest BCUT2D eigenvalue weighted by Crippen LogP contribution is -2.12. The first-order chi connectivity index (χ1) is 7.19. The zero-order valence-corrected chi connectivity index (χ0v) is 9.45. The summed E-state index contributed by atoms with van der Waals surface area (Å²) >= 11 is 0. The summed E-state index contributed by atoms with van der Waals surface area (Å²) in [6.07, 6.45) is 2.41. The second-order valence-corrected chi connectivity index (χ2v) is 4.23. The van der Waals surface area contributed by atoms with E-state index in [-0.39, 0.29) is 0 Å². The highest BCUT2D eigenvalue weighted by Crippen LogP contribution is 2.39. The van der Waals surface area contributed by atoms with Crippen LogP contribution in [0.4, 0.5) is 5.82 Å². The SMILES string of the molecule is COc1cc(NC(C)C)nc(C2CC2)n1. The molecule has 1 N–H and O–H groups in total. The van der Waals surface area contributed by atoms with Crippen LogP contribution >= 0.6 is 0 Å². The summed E-state index contributed by atoms with van der Waals surface area (Å²) in [6.45, 7) is 4.18. The summed E-state index contributed by atoms with van der Waals surface area (Å²) in [7, 11) is 1.64. The molecule has 0 aromatic carbocycles. The monoisotopic (exact) mass is 207 g/mol. The van der Waals surface area contributed by atoms with Crippen molar-refractivity contribution in [3.8, 4) is 5.88 Å². The van der Waals surface area contributed by atoms with Crippen molar-refractivity contribution in [2.24, 2.45) is 0 Å². The van der Waals surface area contributed by atoms with Gasteiger partial charge in [0.15, 0.2) is 0 Å². The molecule has 15 heavy (non-hydrogen) atoms. The zero-order valence-electron chi connectivity index (χ0n) is 9.45. The smallest absolute Gasteiger partial charge is 0.218 e. The number of hydrogen-bond acceptors (Lipinski definition) is 4. The maximum Gasteiger partial charge on any atom is 0.218 e. The number of anilines is 1. The second-order valence-electron chi connectivity index (χ2n) is 4.23. The lowest BCUT2D eigenvalue weighted by molar-refractivity contribution is 0.395. The number of nitrogens with one attached hydrogen (secondary N) is 1. The Morgan fingerprint density at radius 1 is 1.40 bits per heavy atom. The Balaban J connectivity index is 2.24. The number of hydrogen-bond donors (Lipinski definition) is 1. The normalized spacial score (nSPS) is 15.5. The molecule has 0 unspecified atom stereocenters. The molecule has 1 aliphatic rings. The molecule has 0 radical (unpaired) electrons. The van der Waals surface area contributed by atoms with E-state index in [0.29, 0.717) is 17.8 Å². The molecule has 1 aromatic heterocycles. The molecule has 1 aliphatic carbocycles. The summed E-state index contributed by atoms with van der Waals surface area (Å²) in [6, 6.07) is 2.21. The maximum absolute atomic E-state index is 5.16. The van der Waals surface area contributed by atoms with Crippen LogP contribution in [0.2, 0.25) is 0 Å². The van der Waals surface area contributed by atoms with Gasteiger partial charge in [-0.2, -0.15) is 4.98 Å². The van der Waals surface area contributed by atoms with Gasteiger partial charge in [-0.3, -0.25) is 0 Å². The minimum Gasteiger partial charge on any atom is -0.481 e. The molecule has 2 rings (SSSR count). The van der Waals surface area contributed by atoms with E-state index in [1.807, 2.05) is 6.07 Å². The molecule has 1 fully saturated rings. The molecule has 0 bridgehead atoms. The van der Waals surface area contributed by atoms with Crippen LogP contribution < -0.4 is 10.1 Å². The molecule has 0 atom stereocenters. The van der Waals surface area contributed by atoms with Crippen molar-refractivity contribution < 1.29 is 4.74 Å². The summed E-state index contributed by atoms with van der Waals surface area (Å²) in [4.78, 5) is 8.83. The number of aromatic nitrogens is 2. The molecule has 0 aliphatic heterocycles. The van der Waals surface area contributed by atoms with Crippen LogP contribution in [0, 0.1) is 0 Å². The van der Waals surface area contributed by atoms with Gasteiger partial charge in [0.1, 0.15) is 11.6 Å². The van der Waals surface area contributed by atoms with Gasteiger partial charge in [-0.05, 0) is 26.7 Å². The standard InChI is InChI=1S/C11H17N3O/c1-7(2)12-9-6-10(15-3)14-11(13-9)8-4-5-8/h6-8H,4-5H2,1-3H3,(H,12,13,14). The van der Waals surface area contributed by atoms with E-state index in [1.54, 1.807) is 7.11 Å². The average molecular weight is 207 g/mol. The number of ether oxygens (including phenoxy) is 1. The van der Waals surface area contributed by atoms with E-state index in [2.05, 4.69) is 29.1 Å². The van der Waals surface area contributed by atoms with Crippen molar-refractivity contribution in [3.05, 3.63) is 11.9 Å². The van der Waals surface area contributed by atoms with Crippen molar-refractivity contribution in [1.82, 2.24) is 9.97 Å². The third kappa shape index (κ3) is 2.58. The Hall–Kier alpha value is -1.32. The van der Waals surface area contributed by atoms with Crippen LogP contribution in [-0.2, 0) is 0 Å². The van der Waals surface area contributed by atoms with Crippen molar-refractivity contribution >= 4 is 5.82 Å². The first kappa shape index (κ1) is 10.2. The average Bonchev–Trinajstić information content (AvgIpc) is 2.99. The van der Waals surface area contributed by atoms with Crippen LogP contribution in [0.3, 0.4) is 0 Å². The van der Waals surface area contributed by atoms with Gasteiger partial charge in [0.25, 0.3) is 0 Å². The van der Waals surface area contributed by atoms with Crippen molar-refractivity contribution in [2.45, 2.75) is 38.6 Å². The maximum atomic E-state index is 5.16. The van der Waals surface area contributed by atoms with E-state index < -0.39 is 0 Å². The van der Waals surface area contributed by atoms with Crippen LogP contribution in [0.5, 0.6) is 5.88 Å². The highest BCUT2D eigenvalue weighted by molar-refractivity contribution is 5.40. The van der Waals surface area contributed by atoms with Gasteiger partial charge in [0.2, 0.25) is 5.88 Å². The summed E-state index contributed by atoms with van der Waals surface area (Å²) in [5.74, 6) is 2.97. The molecule has 1 aromatic rings. The number of rotatable bonds is 4. The van der Waals surface area contributed by atoms with E-state index in [0.717, 1.165) is 11.6 Å². The van der Waals surface area contributed by atoms with E-state index in [1.165, 1.54) is 12.8 Å². The predicted octanol–water partition coefficient (Wildman–Crippen LogP) is 2.18. The van der Waals surface area contributed by atoms with Gasteiger partial charge in [-0.1, -0.05) is 0 Å². The molecule has 0 saturated heterocycles. The lowest BCUT2D eigenvalue weighted by atomic mass is 10.3. The van der Waals surface area contributed by atoms with Gasteiger partial charge in [-0.25, -0.2) is 4.98 Å². The third-order valence-electron chi connectivity index (χ3n) is 2.31. The Labute approximate surface area is 90.1 Å². The van der Waals surface area contributed by atoms with Gasteiger partial charge < -0.3 is 10.1 Å². The summed E-state index contributed by atoms with van der Waals surface area (Å²) in [5.41, 5.74) is 0. The van der Waals surface area contributed by atoms with Gasteiger partial charge in [-0.15, -0.1) is 0 Å². The first-order valence-corrected chi connectivity index (χ1v) is 5.38. The molecular formula is C11H17N3O. The summed E-state index contributed by atoms with van der Waals surface area (Å²) in [5, 5.41) is 3.27. The number of methoxy groups -OCH3 is 1. The number of nitrogens with zero attached hydrogens (tertiary/aromatic N) is 2. The van der Waals surface area contributed by atoms with Crippen LogP contribution in [-0.4, -0.2) is 23.1 Å². The van der Waals surface area contributed by atoms with Crippen molar-refractivity contribution in [3.63, 3.8) is 0 Å². The highest BCUT2D eigenvalue weighted by Gasteiger charge is 2.27. The topological polar surface area (TPSA) is 47.0 Å². The molecular weight excluding hydrogens is 190 g/mol. The Kier molecular flexibility index (Phi) is 2.75. The Morgan fingerprint density at radius 3 is 2.67 bits per heavy atom.